The number of carbonyl (C=O) groups excluding carboxylic acids is 4. The number of hydrogen-bond donors (Lipinski definition) is 5. The molecule has 0 radical (unpaired) electrons. The highest BCUT2D eigenvalue weighted by Gasteiger charge is 2.36. The van der Waals surface area contributed by atoms with E-state index in [1.165, 1.54) is 0 Å². The van der Waals surface area contributed by atoms with Gasteiger partial charge in [0, 0.05) is 12.5 Å². The molecule has 228 valence electrons. The Morgan fingerprint density at radius 3 is 2.17 bits per heavy atom. The van der Waals surface area contributed by atoms with E-state index in [0.717, 1.165) is 5.56 Å². The number of rotatable bonds is 14. The average molecular weight is 577 g/mol. The Balaban J connectivity index is 2.16. The summed E-state index contributed by atoms with van der Waals surface area (Å²) in [5.41, 5.74) is 0.114. The van der Waals surface area contributed by atoms with E-state index in [9.17, 15) is 29.1 Å². The number of amides is 4. The number of benzene rings is 1. The average Bonchev–Trinajstić information content (AvgIpc) is 3.28. The van der Waals surface area contributed by atoms with Crippen molar-refractivity contribution >= 4 is 29.8 Å². The zero-order chi connectivity index (χ0) is 30.7. The van der Waals surface area contributed by atoms with Gasteiger partial charge >= 0.3 is 12.1 Å². The molecule has 0 bridgehead atoms. The van der Waals surface area contributed by atoms with Crippen LogP contribution in [-0.4, -0.2) is 71.3 Å². The zero-order valence-electron chi connectivity index (χ0n) is 24.7. The lowest BCUT2D eigenvalue weighted by Gasteiger charge is -2.32. The van der Waals surface area contributed by atoms with Crippen molar-refractivity contribution in [1.82, 2.24) is 21.3 Å². The summed E-state index contributed by atoms with van der Waals surface area (Å²) in [6.45, 7) is 11.2. The predicted octanol–water partition coefficient (Wildman–Crippen LogP) is 2.11. The molecular formula is C29H44N4O8. The van der Waals surface area contributed by atoms with Gasteiger partial charge in [-0.15, -0.1) is 0 Å². The number of hydrogen-bond acceptors (Lipinski definition) is 7. The topological polar surface area (TPSA) is 172 Å². The molecule has 1 aromatic carbocycles. The van der Waals surface area contributed by atoms with Crippen LogP contribution in [-0.2, 0) is 35.3 Å². The third-order valence-corrected chi connectivity index (χ3v) is 6.42. The van der Waals surface area contributed by atoms with E-state index in [4.69, 9.17) is 9.47 Å². The molecule has 1 heterocycles. The standard InChI is InChI=1S/C29H44N4O8/c1-17(2)14-21(25(35)32-22(27(37)38)15-20-12-13-30-24(20)34)31-26(36)23(18(3)41-29(4,5)6)33-28(39)40-16-19-10-8-7-9-11-19/h7-11,17-18,20-23H,12-16H2,1-6H3,(H,30,34)(H,31,36)(H,32,35)(H,33,39)(H,37,38)/t18?,20-,21?,22?,23?/m0/s1. The molecule has 12 heteroatoms. The van der Waals surface area contributed by atoms with Crippen LogP contribution in [0.1, 0.15) is 66.4 Å². The SMILES string of the molecule is CC(C)CC(NC(=O)C(NC(=O)OCc1ccccc1)C(C)OC(C)(C)C)C(=O)NC(C[C@@H]1CCNC1=O)C(=O)O. The maximum absolute atomic E-state index is 13.5. The molecule has 1 aromatic rings. The lowest BCUT2D eigenvalue weighted by Crippen LogP contribution is -2.59. The Hall–Kier alpha value is -3.67. The van der Waals surface area contributed by atoms with Crippen molar-refractivity contribution < 1.29 is 38.6 Å². The van der Waals surface area contributed by atoms with Gasteiger partial charge in [-0.3, -0.25) is 14.4 Å². The van der Waals surface area contributed by atoms with E-state index in [1.807, 2.05) is 32.0 Å². The molecule has 4 amide bonds. The molecule has 1 fully saturated rings. The summed E-state index contributed by atoms with van der Waals surface area (Å²) >= 11 is 0. The Morgan fingerprint density at radius 1 is 1.00 bits per heavy atom. The van der Waals surface area contributed by atoms with E-state index in [1.54, 1.807) is 39.8 Å². The predicted molar refractivity (Wildman–Crippen MR) is 151 cm³/mol. The molecule has 0 spiro atoms. The van der Waals surface area contributed by atoms with Gasteiger partial charge in [0.25, 0.3) is 0 Å². The van der Waals surface area contributed by atoms with E-state index in [2.05, 4.69) is 21.3 Å². The molecule has 1 saturated heterocycles. The van der Waals surface area contributed by atoms with Crippen LogP contribution in [0.2, 0.25) is 0 Å². The Labute approximate surface area is 241 Å². The first-order valence-corrected chi connectivity index (χ1v) is 13.9. The molecule has 1 aliphatic rings. The fraction of sp³-hybridized carbons (Fsp3) is 0.621. The molecule has 0 saturated carbocycles. The van der Waals surface area contributed by atoms with Crippen LogP contribution in [0.3, 0.4) is 0 Å². The number of nitrogens with one attached hydrogen (secondary N) is 4. The van der Waals surface area contributed by atoms with Crippen LogP contribution < -0.4 is 21.3 Å². The Kier molecular flexibility index (Phi) is 12.6. The minimum absolute atomic E-state index is 0.0104. The third kappa shape index (κ3) is 11.8. The molecule has 0 aromatic heterocycles. The number of carboxylic acid groups (broad SMARTS) is 1. The Morgan fingerprint density at radius 2 is 1.63 bits per heavy atom. The van der Waals surface area contributed by atoms with Gasteiger partial charge < -0.3 is 35.8 Å². The quantitative estimate of drug-likeness (QED) is 0.224. The molecule has 41 heavy (non-hydrogen) atoms. The van der Waals surface area contributed by atoms with Gasteiger partial charge in [-0.05, 0) is 58.4 Å². The fourth-order valence-corrected chi connectivity index (χ4v) is 4.53. The summed E-state index contributed by atoms with van der Waals surface area (Å²) in [7, 11) is 0. The maximum atomic E-state index is 13.5. The third-order valence-electron chi connectivity index (χ3n) is 6.42. The van der Waals surface area contributed by atoms with Gasteiger partial charge in [-0.2, -0.15) is 0 Å². The van der Waals surface area contributed by atoms with E-state index in [-0.39, 0.29) is 31.3 Å². The molecule has 5 atom stereocenters. The van der Waals surface area contributed by atoms with Crippen LogP contribution in [0, 0.1) is 11.8 Å². The van der Waals surface area contributed by atoms with Crippen molar-refractivity contribution in [2.75, 3.05) is 6.54 Å². The van der Waals surface area contributed by atoms with Crippen molar-refractivity contribution in [3.63, 3.8) is 0 Å². The van der Waals surface area contributed by atoms with Crippen molar-refractivity contribution in [3.8, 4) is 0 Å². The minimum Gasteiger partial charge on any atom is -0.480 e. The highest BCUT2D eigenvalue weighted by Crippen LogP contribution is 2.18. The highest BCUT2D eigenvalue weighted by molar-refractivity contribution is 5.93. The second-order valence-electron chi connectivity index (χ2n) is 11.7. The van der Waals surface area contributed by atoms with Crippen molar-refractivity contribution in [2.45, 2.75) is 97.2 Å². The summed E-state index contributed by atoms with van der Waals surface area (Å²) < 4.78 is 11.2. The van der Waals surface area contributed by atoms with Crippen molar-refractivity contribution in [2.24, 2.45) is 11.8 Å². The van der Waals surface area contributed by atoms with Crippen LogP contribution in [0.15, 0.2) is 30.3 Å². The second-order valence-corrected chi connectivity index (χ2v) is 11.7. The summed E-state index contributed by atoms with van der Waals surface area (Å²) in [5.74, 6) is -3.49. The molecule has 12 nitrogen and oxygen atoms in total. The summed E-state index contributed by atoms with van der Waals surface area (Å²) in [6.07, 6.45) is -1.04. The molecular weight excluding hydrogens is 532 g/mol. The van der Waals surface area contributed by atoms with E-state index in [0.29, 0.717) is 13.0 Å². The van der Waals surface area contributed by atoms with Crippen molar-refractivity contribution in [3.05, 3.63) is 35.9 Å². The van der Waals surface area contributed by atoms with Gasteiger partial charge in [0.15, 0.2) is 0 Å². The van der Waals surface area contributed by atoms with Gasteiger partial charge in [0.1, 0.15) is 24.7 Å². The summed E-state index contributed by atoms with van der Waals surface area (Å²) in [5, 5.41) is 20.1. The van der Waals surface area contributed by atoms with Crippen LogP contribution in [0.5, 0.6) is 0 Å². The number of aliphatic carboxylic acids is 1. The second kappa shape index (κ2) is 15.4. The van der Waals surface area contributed by atoms with E-state index >= 15 is 0 Å². The molecule has 2 rings (SSSR count). The largest absolute Gasteiger partial charge is 0.480 e. The number of ether oxygens (including phenoxy) is 2. The van der Waals surface area contributed by atoms with Gasteiger partial charge in [0.2, 0.25) is 17.7 Å². The first-order chi connectivity index (χ1) is 19.2. The van der Waals surface area contributed by atoms with E-state index < -0.39 is 59.6 Å². The van der Waals surface area contributed by atoms with Crippen LogP contribution in [0.4, 0.5) is 4.79 Å². The number of carbonyl (C=O) groups is 5. The number of carboxylic acids is 1. The lowest BCUT2D eigenvalue weighted by atomic mass is 9.97. The Bertz CT molecular complexity index is 1060. The first kappa shape index (κ1) is 33.5. The fourth-order valence-electron chi connectivity index (χ4n) is 4.53. The molecule has 5 N–H and O–H groups in total. The molecule has 0 aliphatic carbocycles. The maximum Gasteiger partial charge on any atom is 0.408 e. The van der Waals surface area contributed by atoms with Gasteiger partial charge in [-0.25, -0.2) is 9.59 Å². The molecule has 1 aliphatic heterocycles. The highest BCUT2D eigenvalue weighted by atomic mass is 16.6. The van der Waals surface area contributed by atoms with Crippen LogP contribution in [0.25, 0.3) is 0 Å². The smallest absolute Gasteiger partial charge is 0.408 e. The van der Waals surface area contributed by atoms with Gasteiger partial charge in [-0.1, -0.05) is 44.2 Å². The minimum atomic E-state index is -1.31. The molecule has 4 unspecified atom stereocenters. The number of alkyl carbamates (subject to hydrolysis) is 1. The zero-order valence-corrected chi connectivity index (χ0v) is 24.7. The van der Waals surface area contributed by atoms with Crippen LogP contribution >= 0.6 is 0 Å². The lowest BCUT2D eigenvalue weighted by molar-refractivity contribution is -0.143. The summed E-state index contributed by atoms with van der Waals surface area (Å²) in [6, 6.07) is 5.40. The van der Waals surface area contributed by atoms with Gasteiger partial charge in [0.05, 0.1) is 11.7 Å². The van der Waals surface area contributed by atoms with Crippen molar-refractivity contribution in [1.29, 1.82) is 0 Å². The normalized spacial score (nSPS) is 18.0. The summed E-state index contributed by atoms with van der Waals surface area (Å²) in [4.78, 5) is 63.3. The monoisotopic (exact) mass is 576 g/mol. The first-order valence-electron chi connectivity index (χ1n) is 13.9.